The van der Waals surface area contributed by atoms with Gasteiger partial charge in [-0.15, -0.1) is 0 Å². The number of nitrogens with one attached hydrogen (secondary N) is 2. The van der Waals surface area contributed by atoms with Crippen LogP contribution in [0.25, 0.3) is 0 Å². The van der Waals surface area contributed by atoms with E-state index in [1.807, 2.05) is 0 Å². The van der Waals surface area contributed by atoms with Crippen molar-refractivity contribution in [3.8, 4) is 0 Å². The summed E-state index contributed by atoms with van der Waals surface area (Å²) in [5.41, 5.74) is 0.0280. The van der Waals surface area contributed by atoms with E-state index in [1.54, 1.807) is 20.8 Å². The lowest BCUT2D eigenvalue weighted by atomic mass is 10.1. The van der Waals surface area contributed by atoms with Crippen LogP contribution in [0.3, 0.4) is 0 Å². The Labute approximate surface area is 194 Å². The lowest BCUT2D eigenvalue weighted by Crippen LogP contribution is -2.53. The maximum absolute atomic E-state index is 13.4. The van der Waals surface area contributed by atoms with Crippen molar-refractivity contribution in [1.82, 2.24) is 5.32 Å². The van der Waals surface area contributed by atoms with Gasteiger partial charge in [0, 0.05) is 27.7 Å². The molecule has 0 aliphatic rings. The lowest BCUT2D eigenvalue weighted by Gasteiger charge is -2.31. The molecule has 33 heavy (non-hydrogen) atoms. The van der Waals surface area contributed by atoms with Gasteiger partial charge in [0.1, 0.15) is 29.2 Å². The Morgan fingerprint density at radius 2 is 1.45 bits per heavy atom. The van der Waals surface area contributed by atoms with E-state index in [-0.39, 0.29) is 5.69 Å². The summed E-state index contributed by atoms with van der Waals surface area (Å²) in [6.45, 7) is 6.87. The average molecular weight is 480 g/mol. The summed E-state index contributed by atoms with van der Waals surface area (Å²) in [6, 6.07) is 9.05. The van der Waals surface area contributed by atoms with Crippen LogP contribution in [0.15, 0.2) is 48.5 Å². The van der Waals surface area contributed by atoms with Gasteiger partial charge in [0.15, 0.2) is 0 Å². The molecular formula is C23H27F2N3O4S. The highest BCUT2D eigenvalue weighted by atomic mass is 32.2. The van der Waals surface area contributed by atoms with Crippen LogP contribution in [0.1, 0.15) is 27.7 Å². The Kier molecular flexibility index (Phi) is 8.81. The van der Waals surface area contributed by atoms with Gasteiger partial charge in [-0.05, 0) is 76.2 Å². The summed E-state index contributed by atoms with van der Waals surface area (Å²) < 4.78 is 38.9. The Balaban J connectivity index is 2.12. The Morgan fingerprint density at radius 1 is 0.939 bits per heavy atom. The Bertz CT molecular complexity index is 1020. The molecule has 0 radical (unpaired) electrons. The summed E-state index contributed by atoms with van der Waals surface area (Å²) in [5.74, 6) is -3.69. The highest BCUT2D eigenvalue weighted by molar-refractivity contribution is 7.86. The molecule has 2 rings (SSSR count). The van der Waals surface area contributed by atoms with Gasteiger partial charge in [0.05, 0.1) is 0 Å². The third-order valence-electron chi connectivity index (χ3n) is 4.34. The first kappa shape index (κ1) is 26.1. The molecule has 0 saturated heterocycles. The van der Waals surface area contributed by atoms with E-state index in [0.29, 0.717) is 5.69 Å². The molecule has 0 unspecified atom stereocenters. The molecule has 3 amide bonds. The highest BCUT2D eigenvalue weighted by Gasteiger charge is 2.30. The molecule has 2 N–H and O–H groups in total. The fraction of sp³-hybridized carbons (Fsp3) is 0.348. The highest BCUT2D eigenvalue weighted by Crippen LogP contribution is 2.19. The molecule has 2 aromatic carbocycles. The van der Waals surface area contributed by atoms with Crippen molar-refractivity contribution in [3.05, 3.63) is 60.2 Å². The van der Waals surface area contributed by atoms with Gasteiger partial charge in [-0.2, -0.15) is 0 Å². The zero-order valence-corrected chi connectivity index (χ0v) is 19.7. The number of benzene rings is 2. The van der Waals surface area contributed by atoms with E-state index in [9.17, 15) is 27.4 Å². The molecule has 2 atom stereocenters. The van der Waals surface area contributed by atoms with E-state index < -0.39 is 63.2 Å². The fourth-order valence-electron chi connectivity index (χ4n) is 2.91. The summed E-state index contributed by atoms with van der Waals surface area (Å²) >= 11 is 0. The molecule has 0 aliphatic carbocycles. The van der Waals surface area contributed by atoms with Crippen molar-refractivity contribution >= 4 is 39.9 Å². The van der Waals surface area contributed by atoms with Crippen LogP contribution in [-0.4, -0.2) is 45.0 Å². The van der Waals surface area contributed by atoms with Crippen molar-refractivity contribution in [2.75, 3.05) is 21.7 Å². The molecule has 2 aromatic rings. The van der Waals surface area contributed by atoms with Crippen molar-refractivity contribution in [2.45, 2.75) is 39.3 Å². The average Bonchev–Trinajstić information content (AvgIpc) is 2.69. The maximum Gasteiger partial charge on any atom is 0.243 e. The minimum atomic E-state index is -1.89. The van der Waals surface area contributed by atoms with Gasteiger partial charge in [0.25, 0.3) is 0 Å². The van der Waals surface area contributed by atoms with Crippen LogP contribution in [-0.2, 0) is 25.2 Å². The Hall–Kier alpha value is -3.14. The number of anilines is 2. The summed E-state index contributed by atoms with van der Waals surface area (Å²) in [4.78, 5) is 39.0. The number of amides is 3. The molecule has 0 spiro atoms. The molecule has 0 aliphatic heterocycles. The van der Waals surface area contributed by atoms with Gasteiger partial charge < -0.3 is 10.6 Å². The monoisotopic (exact) mass is 479 g/mol. The van der Waals surface area contributed by atoms with Crippen molar-refractivity contribution in [2.24, 2.45) is 0 Å². The summed E-state index contributed by atoms with van der Waals surface area (Å²) in [5, 5.41) is 5.26. The van der Waals surface area contributed by atoms with E-state index in [1.165, 1.54) is 43.3 Å². The minimum absolute atomic E-state index is 0.255. The van der Waals surface area contributed by atoms with Crippen LogP contribution in [0.2, 0.25) is 0 Å². The smallest absolute Gasteiger partial charge is 0.243 e. The van der Waals surface area contributed by atoms with Crippen LogP contribution in [0, 0.1) is 11.6 Å². The number of hydrogen-bond acceptors (Lipinski definition) is 4. The maximum atomic E-state index is 13.4. The second-order valence-electron chi connectivity index (χ2n) is 8.44. The minimum Gasteiger partial charge on any atom is -0.350 e. The third kappa shape index (κ3) is 8.38. The van der Waals surface area contributed by atoms with E-state index in [4.69, 9.17) is 0 Å². The van der Waals surface area contributed by atoms with Gasteiger partial charge in [-0.3, -0.25) is 23.5 Å². The van der Waals surface area contributed by atoms with Crippen molar-refractivity contribution < 1.29 is 27.4 Å². The molecule has 0 heterocycles. The van der Waals surface area contributed by atoms with Crippen LogP contribution in [0.4, 0.5) is 20.2 Å². The molecule has 0 bridgehead atoms. The van der Waals surface area contributed by atoms with Crippen molar-refractivity contribution in [3.63, 3.8) is 0 Å². The predicted octanol–water partition coefficient (Wildman–Crippen LogP) is 2.99. The second-order valence-corrected chi connectivity index (χ2v) is 9.90. The van der Waals surface area contributed by atoms with Crippen molar-refractivity contribution in [1.29, 1.82) is 0 Å². The first-order valence-electron chi connectivity index (χ1n) is 10.2. The lowest BCUT2D eigenvalue weighted by molar-refractivity contribution is -0.126. The van der Waals surface area contributed by atoms with Gasteiger partial charge in [-0.1, -0.05) is 0 Å². The molecule has 0 fully saturated rings. The predicted molar refractivity (Wildman–Crippen MR) is 124 cm³/mol. The van der Waals surface area contributed by atoms with Crippen LogP contribution < -0.4 is 15.5 Å². The number of nitrogens with zero attached hydrogens (tertiary/aromatic N) is 1. The summed E-state index contributed by atoms with van der Waals surface area (Å²) in [7, 11) is -1.89. The van der Waals surface area contributed by atoms with E-state index in [0.717, 1.165) is 17.0 Å². The van der Waals surface area contributed by atoms with Gasteiger partial charge in [0.2, 0.25) is 17.7 Å². The van der Waals surface area contributed by atoms with Gasteiger partial charge >= 0.3 is 0 Å². The van der Waals surface area contributed by atoms with E-state index >= 15 is 0 Å². The first-order chi connectivity index (χ1) is 15.4. The topological polar surface area (TPSA) is 95.6 Å². The standard InChI is InChI=1S/C23H27F2N3O4S/c1-15(22(31)27-23(2,3)4)28(19-11-7-17(25)8-12-19)21(30)14-33(32)13-20(29)26-18-9-5-16(24)6-10-18/h5-12,15H,13-14H2,1-4H3,(H,26,29)(H,27,31)/t15-,33+/m0/s1. The van der Waals surface area contributed by atoms with Gasteiger partial charge in [-0.25, -0.2) is 8.78 Å². The zero-order valence-electron chi connectivity index (χ0n) is 18.9. The molecular weight excluding hydrogens is 452 g/mol. The SMILES string of the molecule is C[C@@H](C(=O)NC(C)(C)C)N(C(=O)C[S@](=O)CC(=O)Nc1ccc(F)cc1)c1ccc(F)cc1. The Morgan fingerprint density at radius 3 is 1.97 bits per heavy atom. The quantitative estimate of drug-likeness (QED) is 0.609. The summed E-state index contributed by atoms with van der Waals surface area (Å²) in [6.07, 6.45) is 0. The molecule has 10 heteroatoms. The molecule has 0 aromatic heterocycles. The number of rotatable bonds is 8. The van der Waals surface area contributed by atoms with Crippen LogP contribution >= 0.6 is 0 Å². The normalized spacial score (nSPS) is 13.0. The zero-order chi connectivity index (χ0) is 24.8. The third-order valence-corrected chi connectivity index (χ3v) is 5.50. The van der Waals surface area contributed by atoms with E-state index in [2.05, 4.69) is 10.6 Å². The number of carbonyl (C=O) groups is 3. The molecule has 7 nitrogen and oxygen atoms in total. The largest absolute Gasteiger partial charge is 0.350 e. The molecule has 0 saturated carbocycles. The molecule has 178 valence electrons. The number of hydrogen-bond donors (Lipinski definition) is 2. The second kappa shape index (κ2) is 11.1. The fourth-order valence-corrected chi connectivity index (χ4v) is 3.79. The number of carbonyl (C=O) groups excluding carboxylic acids is 3. The first-order valence-corrected chi connectivity index (χ1v) is 11.6. The van der Waals surface area contributed by atoms with Crippen LogP contribution in [0.5, 0.6) is 0 Å². The number of halogens is 2.